The van der Waals surface area contributed by atoms with Crippen molar-refractivity contribution in [2.75, 3.05) is 19.5 Å². The quantitative estimate of drug-likeness (QED) is 0.669. The number of nitrogens with zero attached hydrogens (tertiary/aromatic N) is 1. The van der Waals surface area contributed by atoms with Gasteiger partial charge in [0.2, 0.25) is 0 Å². The highest BCUT2D eigenvalue weighted by molar-refractivity contribution is 6.08. The van der Waals surface area contributed by atoms with E-state index >= 15 is 0 Å². The van der Waals surface area contributed by atoms with Crippen LogP contribution >= 0.6 is 0 Å². The molecule has 0 aliphatic rings. The minimum Gasteiger partial charge on any atom is -0.504 e. The van der Waals surface area contributed by atoms with Gasteiger partial charge in [-0.2, -0.15) is 0 Å². The minimum absolute atomic E-state index is 0.0152. The summed E-state index contributed by atoms with van der Waals surface area (Å²) in [5.74, 6) is -0.143. The maximum absolute atomic E-state index is 13.0. The molecule has 3 aromatic carbocycles. The number of benzene rings is 3. The van der Waals surface area contributed by atoms with Crippen LogP contribution in [0.25, 0.3) is 0 Å². The summed E-state index contributed by atoms with van der Waals surface area (Å²) in [5, 5.41) is 12.7. The molecule has 3 aromatic rings. The molecule has 3 rings (SSSR count). The normalized spacial score (nSPS) is 10.3. The average Bonchev–Trinajstić information content (AvgIpc) is 2.74. The van der Waals surface area contributed by atoms with Crippen LogP contribution in [0.4, 0.5) is 5.69 Å². The van der Waals surface area contributed by atoms with Crippen LogP contribution in [-0.2, 0) is 6.54 Å². The van der Waals surface area contributed by atoms with E-state index in [0.29, 0.717) is 22.6 Å². The van der Waals surface area contributed by atoms with E-state index in [4.69, 9.17) is 4.74 Å². The molecule has 6 nitrogen and oxygen atoms in total. The van der Waals surface area contributed by atoms with Gasteiger partial charge in [0.15, 0.2) is 11.5 Å². The number of amides is 2. The Morgan fingerprint density at radius 2 is 1.69 bits per heavy atom. The molecule has 0 spiro atoms. The van der Waals surface area contributed by atoms with Crippen LogP contribution in [0.2, 0.25) is 0 Å². The minimum atomic E-state index is -0.284. The second-order valence-electron chi connectivity index (χ2n) is 6.53. The molecule has 0 fully saturated rings. The van der Waals surface area contributed by atoms with Gasteiger partial charge in [0.05, 0.1) is 18.4 Å². The summed E-state index contributed by atoms with van der Waals surface area (Å²) < 4.78 is 5.04. The number of phenolic OH excluding ortho intramolecular Hbond substituents is 1. The number of hydrogen-bond donors (Lipinski definition) is 2. The van der Waals surface area contributed by atoms with Gasteiger partial charge in [0.1, 0.15) is 0 Å². The molecule has 0 aromatic heterocycles. The predicted molar refractivity (Wildman–Crippen MR) is 111 cm³/mol. The second-order valence-corrected chi connectivity index (χ2v) is 6.53. The molecule has 0 saturated heterocycles. The standard InChI is InChI=1S/C23H22N2O4/c1-25(15-16-12-13-21(29-2)20(26)14-16)23(28)18-10-6-7-11-19(18)24-22(27)17-8-4-3-5-9-17/h3-14,26H,15H2,1-2H3,(H,24,27). The van der Waals surface area contributed by atoms with Gasteiger partial charge in [-0.15, -0.1) is 0 Å². The fourth-order valence-electron chi connectivity index (χ4n) is 2.95. The summed E-state index contributed by atoms with van der Waals surface area (Å²) in [6, 6.07) is 20.7. The first kappa shape index (κ1) is 19.9. The number of phenols is 1. The van der Waals surface area contributed by atoms with Crippen LogP contribution in [0.15, 0.2) is 72.8 Å². The molecule has 148 valence electrons. The molecule has 0 atom stereocenters. The Morgan fingerprint density at radius 1 is 1.00 bits per heavy atom. The topological polar surface area (TPSA) is 78.9 Å². The fraction of sp³-hybridized carbons (Fsp3) is 0.130. The van der Waals surface area contributed by atoms with Crippen LogP contribution in [0.1, 0.15) is 26.3 Å². The van der Waals surface area contributed by atoms with Crippen molar-refractivity contribution in [3.05, 3.63) is 89.5 Å². The van der Waals surface area contributed by atoms with Crippen molar-refractivity contribution in [1.29, 1.82) is 0 Å². The van der Waals surface area contributed by atoms with Crippen LogP contribution in [0.3, 0.4) is 0 Å². The van der Waals surface area contributed by atoms with Gasteiger partial charge in [0.25, 0.3) is 11.8 Å². The van der Waals surface area contributed by atoms with Gasteiger partial charge in [-0.1, -0.05) is 36.4 Å². The van der Waals surface area contributed by atoms with Gasteiger partial charge in [-0.3, -0.25) is 9.59 Å². The highest BCUT2D eigenvalue weighted by atomic mass is 16.5. The molecule has 0 aliphatic heterocycles. The lowest BCUT2D eigenvalue weighted by molar-refractivity contribution is 0.0786. The van der Waals surface area contributed by atoms with Crippen molar-refractivity contribution in [3.63, 3.8) is 0 Å². The summed E-state index contributed by atoms with van der Waals surface area (Å²) in [4.78, 5) is 27.0. The summed E-state index contributed by atoms with van der Waals surface area (Å²) >= 11 is 0. The zero-order chi connectivity index (χ0) is 20.8. The molecule has 29 heavy (non-hydrogen) atoms. The lowest BCUT2D eigenvalue weighted by Gasteiger charge is -2.20. The molecule has 6 heteroatoms. The third-order valence-electron chi connectivity index (χ3n) is 4.45. The number of rotatable bonds is 6. The molecule has 0 aliphatic carbocycles. The number of methoxy groups -OCH3 is 1. The average molecular weight is 390 g/mol. The van der Waals surface area contributed by atoms with Gasteiger partial charge in [0, 0.05) is 19.2 Å². The summed E-state index contributed by atoms with van der Waals surface area (Å²) in [5.41, 5.74) is 2.09. The number of carbonyl (C=O) groups excluding carboxylic acids is 2. The maximum Gasteiger partial charge on any atom is 0.256 e. The third kappa shape index (κ3) is 4.73. The zero-order valence-corrected chi connectivity index (χ0v) is 16.3. The predicted octanol–water partition coefficient (Wildman–Crippen LogP) is 3.93. The van der Waals surface area contributed by atoms with Crippen LogP contribution in [0.5, 0.6) is 11.5 Å². The third-order valence-corrected chi connectivity index (χ3v) is 4.45. The van der Waals surface area contributed by atoms with Crippen LogP contribution < -0.4 is 10.1 Å². The van der Waals surface area contributed by atoms with Gasteiger partial charge in [-0.05, 0) is 42.0 Å². The Morgan fingerprint density at radius 3 is 2.38 bits per heavy atom. The van der Waals surface area contributed by atoms with Crippen molar-refractivity contribution in [1.82, 2.24) is 4.90 Å². The van der Waals surface area contributed by atoms with E-state index in [1.807, 2.05) is 6.07 Å². The zero-order valence-electron chi connectivity index (χ0n) is 16.3. The van der Waals surface area contributed by atoms with E-state index < -0.39 is 0 Å². The Labute approximate surface area is 169 Å². The largest absolute Gasteiger partial charge is 0.504 e. The lowest BCUT2D eigenvalue weighted by Crippen LogP contribution is -2.27. The Balaban J connectivity index is 1.77. The summed E-state index contributed by atoms with van der Waals surface area (Å²) in [7, 11) is 3.14. The first-order valence-corrected chi connectivity index (χ1v) is 9.06. The number of para-hydroxylation sites is 1. The monoisotopic (exact) mass is 390 g/mol. The Hall–Kier alpha value is -3.80. The van der Waals surface area contributed by atoms with E-state index in [-0.39, 0.29) is 24.1 Å². The number of anilines is 1. The molecule has 2 amide bonds. The molecule has 0 radical (unpaired) electrons. The van der Waals surface area contributed by atoms with E-state index in [9.17, 15) is 14.7 Å². The molecule has 0 saturated carbocycles. The van der Waals surface area contributed by atoms with E-state index in [1.54, 1.807) is 73.8 Å². The summed E-state index contributed by atoms with van der Waals surface area (Å²) in [6.07, 6.45) is 0. The van der Waals surface area contributed by atoms with Crippen molar-refractivity contribution < 1.29 is 19.4 Å². The van der Waals surface area contributed by atoms with Crippen molar-refractivity contribution in [2.24, 2.45) is 0 Å². The van der Waals surface area contributed by atoms with E-state index in [0.717, 1.165) is 5.56 Å². The lowest BCUT2D eigenvalue weighted by atomic mass is 10.1. The van der Waals surface area contributed by atoms with E-state index in [1.165, 1.54) is 12.0 Å². The maximum atomic E-state index is 13.0. The smallest absolute Gasteiger partial charge is 0.256 e. The van der Waals surface area contributed by atoms with Gasteiger partial charge >= 0.3 is 0 Å². The van der Waals surface area contributed by atoms with Crippen LogP contribution in [0, 0.1) is 0 Å². The van der Waals surface area contributed by atoms with E-state index in [2.05, 4.69) is 5.32 Å². The molecule has 2 N–H and O–H groups in total. The highest BCUT2D eigenvalue weighted by Gasteiger charge is 2.18. The fourth-order valence-corrected chi connectivity index (χ4v) is 2.95. The van der Waals surface area contributed by atoms with Crippen LogP contribution in [-0.4, -0.2) is 36.0 Å². The number of carbonyl (C=O) groups is 2. The summed E-state index contributed by atoms with van der Waals surface area (Å²) in [6.45, 7) is 0.289. The molecular formula is C23H22N2O4. The first-order valence-electron chi connectivity index (χ1n) is 9.06. The van der Waals surface area contributed by atoms with Crippen molar-refractivity contribution >= 4 is 17.5 Å². The van der Waals surface area contributed by atoms with Crippen molar-refractivity contribution in [3.8, 4) is 11.5 Å². The highest BCUT2D eigenvalue weighted by Crippen LogP contribution is 2.27. The first-order chi connectivity index (χ1) is 14.0. The number of ether oxygens (including phenoxy) is 1. The van der Waals surface area contributed by atoms with Gasteiger partial charge in [-0.25, -0.2) is 0 Å². The number of hydrogen-bond acceptors (Lipinski definition) is 4. The second kappa shape index (κ2) is 8.93. The Kier molecular flexibility index (Phi) is 6.14. The van der Waals surface area contributed by atoms with Crippen molar-refractivity contribution in [2.45, 2.75) is 6.54 Å². The number of aromatic hydroxyl groups is 1. The molecule has 0 heterocycles. The molecular weight excluding hydrogens is 368 g/mol. The Bertz CT molecular complexity index is 1020. The number of nitrogens with one attached hydrogen (secondary N) is 1. The SMILES string of the molecule is COc1ccc(CN(C)C(=O)c2ccccc2NC(=O)c2ccccc2)cc1O. The molecule has 0 bridgehead atoms. The molecule has 0 unspecified atom stereocenters. The van der Waals surface area contributed by atoms with Gasteiger partial charge < -0.3 is 20.1 Å².